The average Bonchev–Trinajstić information content (AvgIpc) is 3.27. The molecule has 1 aliphatic heterocycles. The second-order valence-corrected chi connectivity index (χ2v) is 8.41. The molecule has 0 saturated carbocycles. The van der Waals surface area contributed by atoms with E-state index in [1.165, 1.54) is 0 Å². The zero-order chi connectivity index (χ0) is 20.0. The summed E-state index contributed by atoms with van der Waals surface area (Å²) in [5.74, 6) is -0.244. The molecule has 6 heteroatoms. The monoisotopic (exact) mass is 402 g/mol. The molecule has 1 aromatic heterocycles. The zero-order valence-corrected chi connectivity index (χ0v) is 16.2. The fraction of sp³-hybridized carbons (Fsp3) is 0.130. The number of thioether (sulfide) groups is 1. The summed E-state index contributed by atoms with van der Waals surface area (Å²) in [5, 5.41) is 15.7. The predicted octanol–water partition coefficient (Wildman–Crippen LogP) is 4.30. The van der Waals surface area contributed by atoms with Crippen LogP contribution < -0.4 is 5.32 Å². The minimum absolute atomic E-state index is 0.244. The van der Waals surface area contributed by atoms with Gasteiger partial charge in [-0.15, -0.1) is 0 Å². The average molecular weight is 402 g/mol. The van der Waals surface area contributed by atoms with Crippen molar-refractivity contribution in [3.63, 3.8) is 0 Å². The van der Waals surface area contributed by atoms with E-state index < -0.39 is 11.4 Å². The van der Waals surface area contributed by atoms with Crippen molar-refractivity contribution in [2.24, 2.45) is 0 Å². The lowest BCUT2D eigenvalue weighted by Gasteiger charge is -2.12. The minimum atomic E-state index is -0.726. The Balaban J connectivity index is 1.42. The van der Waals surface area contributed by atoms with Crippen LogP contribution in [0.15, 0.2) is 66.7 Å². The maximum Gasteiger partial charge on any atom is 0.286 e. The SMILES string of the molecule is O=C1NC(=O)C(Cc2cc3cc(C(O)c4ccc5ccccc5c4)ccc3[nH]2)S1. The summed E-state index contributed by atoms with van der Waals surface area (Å²) in [5.41, 5.74) is 3.47. The molecule has 144 valence electrons. The van der Waals surface area contributed by atoms with E-state index in [9.17, 15) is 14.7 Å². The van der Waals surface area contributed by atoms with Gasteiger partial charge in [-0.2, -0.15) is 0 Å². The van der Waals surface area contributed by atoms with Gasteiger partial charge in [0.1, 0.15) is 6.10 Å². The minimum Gasteiger partial charge on any atom is -0.384 e. The van der Waals surface area contributed by atoms with E-state index in [0.717, 1.165) is 50.3 Å². The molecule has 3 aromatic carbocycles. The van der Waals surface area contributed by atoms with Crippen molar-refractivity contribution in [3.05, 3.63) is 83.6 Å². The quantitative estimate of drug-likeness (QED) is 0.475. The molecule has 5 nitrogen and oxygen atoms in total. The fourth-order valence-corrected chi connectivity index (χ4v) is 4.64. The Morgan fingerprint density at radius 2 is 1.62 bits per heavy atom. The Hall–Kier alpha value is -3.09. The molecule has 29 heavy (non-hydrogen) atoms. The molecular weight excluding hydrogens is 384 g/mol. The molecular formula is C23H18N2O3S. The van der Waals surface area contributed by atoms with Crippen molar-refractivity contribution in [2.75, 3.05) is 0 Å². The lowest BCUT2D eigenvalue weighted by Crippen LogP contribution is -2.25. The second kappa shape index (κ2) is 7.06. The second-order valence-electron chi connectivity index (χ2n) is 7.24. The van der Waals surface area contributed by atoms with Gasteiger partial charge in [0.2, 0.25) is 5.91 Å². The number of aromatic amines is 1. The van der Waals surface area contributed by atoms with Crippen molar-refractivity contribution in [1.29, 1.82) is 0 Å². The molecule has 2 unspecified atom stereocenters. The molecule has 2 heterocycles. The Morgan fingerprint density at radius 1 is 0.897 bits per heavy atom. The molecule has 1 saturated heterocycles. The number of rotatable bonds is 4. The standard InChI is InChI=1S/C23H18N2O3S/c26-21(15-6-5-13-3-1-2-4-14(13)9-15)16-7-8-19-17(10-16)11-18(24-19)12-20-22(27)25-23(28)29-20/h1-11,20-21,24,26H,12H2,(H,25,27,28). The van der Waals surface area contributed by atoms with E-state index in [1.807, 2.05) is 60.7 Å². The third kappa shape index (κ3) is 3.41. The first-order valence-corrected chi connectivity index (χ1v) is 10.2. The van der Waals surface area contributed by atoms with Crippen molar-refractivity contribution < 1.29 is 14.7 Å². The van der Waals surface area contributed by atoms with Crippen LogP contribution in [0.4, 0.5) is 4.79 Å². The number of imide groups is 1. The summed E-state index contributed by atoms with van der Waals surface area (Å²) in [7, 11) is 0. The van der Waals surface area contributed by atoms with Gasteiger partial charge in [-0.1, -0.05) is 54.2 Å². The normalized spacial score (nSPS) is 17.8. The van der Waals surface area contributed by atoms with E-state index >= 15 is 0 Å². The number of hydrogen-bond acceptors (Lipinski definition) is 4. The largest absolute Gasteiger partial charge is 0.384 e. The van der Waals surface area contributed by atoms with Gasteiger partial charge in [0.05, 0.1) is 5.25 Å². The van der Waals surface area contributed by atoms with Crippen molar-refractivity contribution in [2.45, 2.75) is 17.8 Å². The molecule has 5 rings (SSSR count). The summed E-state index contributed by atoms with van der Waals surface area (Å²) in [6, 6.07) is 21.8. The first-order chi connectivity index (χ1) is 14.1. The Morgan fingerprint density at radius 3 is 2.38 bits per heavy atom. The number of amides is 2. The van der Waals surface area contributed by atoms with Crippen molar-refractivity contribution in [1.82, 2.24) is 10.3 Å². The highest BCUT2D eigenvalue weighted by molar-refractivity contribution is 8.15. The van der Waals surface area contributed by atoms with Gasteiger partial charge < -0.3 is 10.1 Å². The lowest BCUT2D eigenvalue weighted by atomic mass is 9.98. The van der Waals surface area contributed by atoms with Gasteiger partial charge in [0.25, 0.3) is 5.24 Å². The van der Waals surface area contributed by atoms with Crippen LogP contribution in [0.2, 0.25) is 0 Å². The van der Waals surface area contributed by atoms with Gasteiger partial charge >= 0.3 is 0 Å². The molecule has 0 bridgehead atoms. The number of aromatic nitrogens is 1. The smallest absolute Gasteiger partial charge is 0.286 e. The molecule has 2 amide bonds. The van der Waals surface area contributed by atoms with Crippen LogP contribution in [0.5, 0.6) is 0 Å². The number of aliphatic hydroxyl groups excluding tert-OH is 1. The number of carbonyl (C=O) groups is 2. The van der Waals surface area contributed by atoms with Gasteiger partial charge in [-0.3, -0.25) is 14.9 Å². The van der Waals surface area contributed by atoms with E-state index in [1.54, 1.807) is 0 Å². The molecule has 3 N–H and O–H groups in total. The summed E-state index contributed by atoms with van der Waals surface area (Å²) in [6.07, 6.45) is -0.268. The molecule has 0 spiro atoms. The van der Waals surface area contributed by atoms with Gasteiger partial charge in [0.15, 0.2) is 0 Å². The van der Waals surface area contributed by atoms with Crippen molar-refractivity contribution in [3.8, 4) is 0 Å². The fourth-order valence-electron chi connectivity index (χ4n) is 3.79. The Labute approximate surface area is 171 Å². The van der Waals surface area contributed by atoms with E-state index in [2.05, 4.69) is 16.4 Å². The van der Waals surface area contributed by atoms with E-state index in [4.69, 9.17) is 0 Å². The van der Waals surface area contributed by atoms with Gasteiger partial charge in [0, 0.05) is 23.0 Å². The molecule has 0 aliphatic carbocycles. The molecule has 0 radical (unpaired) electrons. The number of H-pyrrole nitrogens is 1. The molecule has 4 aromatic rings. The number of nitrogens with one attached hydrogen (secondary N) is 2. The molecule has 1 fully saturated rings. The van der Waals surface area contributed by atoms with Gasteiger partial charge in [-0.25, -0.2) is 0 Å². The summed E-state index contributed by atoms with van der Waals surface area (Å²) < 4.78 is 0. The highest BCUT2D eigenvalue weighted by atomic mass is 32.2. The van der Waals surface area contributed by atoms with Crippen LogP contribution in [0.25, 0.3) is 21.7 Å². The molecule has 1 aliphatic rings. The maximum absolute atomic E-state index is 11.8. The number of benzene rings is 3. The maximum atomic E-state index is 11.8. The van der Waals surface area contributed by atoms with Gasteiger partial charge in [-0.05, 0) is 46.2 Å². The van der Waals surface area contributed by atoms with Crippen molar-refractivity contribution >= 4 is 44.6 Å². The van der Waals surface area contributed by atoms with Crippen LogP contribution in [-0.2, 0) is 11.2 Å². The van der Waals surface area contributed by atoms with Crippen LogP contribution in [0.1, 0.15) is 22.9 Å². The predicted molar refractivity (Wildman–Crippen MR) is 115 cm³/mol. The third-order valence-corrected chi connectivity index (χ3v) is 6.26. The Bertz CT molecular complexity index is 1260. The molecule has 2 atom stereocenters. The first-order valence-electron chi connectivity index (χ1n) is 9.36. The Kier molecular flexibility index (Phi) is 4.38. The summed E-state index contributed by atoms with van der Waals surface area (Å²) in [6.45, 7) is 0. The van der Waals surface area contributed by atoms with Crippen LogP contribution in [0.3, 0.4) is 0 Å². The lowest BCUT2D eigenvalue weighted by molar-refractivity contribution is -0.118. The summed E-state index contributed by atoms with van der Waals surface area (Å²) in [4.78, 5) is 26.5. The zero-order valence-electron chi connectivity index (χ0n) is 15.4. The third-order valence-electron chi connectivity index (χ3n) is 5.28. The van der Waals surface area contributed by atoms with E-state index in [0.29, 0.717) is 6.42 Å². The topological polar surface area (TPSA) is 82.2 Å². The number of hydrogen-bond donors (Lipinski definition) is 3. The highest BCUT2D eigenvalue weighted by Crippen LogP contribution is 2.29. The van der Waals surface area contributed by atoms with Crippen LogP contribution in [-0.4, -0.2) is 26.5 Å². The number of fused-ring (bicyclic) bond motifs is 2. The van der Waals surface area contributed by atoms with Crippen LogP contribution in [0, 0.1) is 0 Å². The van der Waals surface area contributed by atoms with E-state index in [-0.39, 0.29) is 11.1 Å². The summed E-state index contributed by atoms with van der Waals surface area (Å²) >= 11 is 1.03. The highest BCUT2D eigenvalue weighted by Gasteiger charge is 2.31. The number of aliphatic hydroxyl groups is 1. The first kappa shape index (κ1) is 18.0. The number of carbonyl (C=O) groups excluding carboxylic acids is 2. The van der Waals surface area contributed by atoms with Crippen LogP contribution >= 0.6 is 11.8 Å².